The van der Waals surface area contributed by atoms with Crippen molar-refractivity contribution in [3.63, 3.8) is 0 Å². The molecule has 0 aliphatic carbocycles. The number of thiophene rings is 1. The Labute approximate surface area is 117 Å². The Morgan fingerprint density at radius 1 is 1.32 bits per heavy atom. The molecule has 0 radical (unpaired) electrons. The standard InChI is InChI=1S/C13H17NO3S2/c1-2-3-8-14-19(16,17)13-10-6-4-5-7-11(10)18-12(13)9-15/h4-7,14-15H,2-3,8-9H2,1H3. The van der Waals surface area contributed by atoms with E-state index in [1.807, 2.05) is 19.1 Å². The lowest BCUT2D eigenvalue weighted by atomic mass is 10.2. The molecule has 0 fully saturated rings. The molecule has 1 aromatic heterocycles. The van der Waals surface area contributed by atoms with Gasteiger partial charge in [0.15, 0.2) is 0 Å². The number of unbranched alkanes of at least 4 members (excludes halogenated alkanes) is 1. The van der Waals surface area contributed by atoms with Gasteiger partial charge >= 0.3 is 0 Å². The van der Waals surface area contributed by atoms with Crippen molar-refractivity contribution in [3.8, 4) is 0 Å². The Morgan fingerprint density at radius 3 is 2.74 bits per heavy atom. The summed E-state index contributed by atoms with van der Waals surface area (Å²) in [5, 5.41) is 10.1. The molecule has 2 N–H and O–H groups in total. The minimum atomic E-state index is -3.56. The van der Waals surface area contributed by atoms with Gasteiger partial charge in [-0.25, -0.2) is 13.1 Å². The summed E-state index contributed by atoms with van der Waals surface area (Å²) in [4.78, 5) is 0.719. The molecule has 1 aromatic carbocycles. The van der Waals surface area contributed by atoms with Gasteiger partial charge in [0.2, 0.25) is 10.0 Å². The van der Waals surface area contributed by atoms with Crippen LogP contribution in [0, 0.1) is 0 Å². The van der Waals surface area contributed by atoms with Crippen LogP contribution in [0.4, 0.5) is 0 Å². The van der Waals surface area contributed by atoms with Crippen LogP contribution in [0.3, 0.4) is 0 Å². The van der Waals surface area contributed by atoms with Crippen molar-refractivity contribution >= 4 is 31.4 Å². The molecule has 0 saturated heterocycles. The first-order chi connectivity index (χ1) is 9.10. The van der Waals surface area contributed by atoms with Gasteiger partial charge in [0, 0.05) is 16.6 Å². The minimum Gasteiger partial charge on any atom is -0.391 e. The van der Waals surface area contributed by atoms with Gasteiger partial charge in [-0.05, 0) is 12.5 Å². The number of aliphatic hydroxyl groups excluding tert-OH is 1. The van der Waals surface area contributed by atoms with Gasteiger partial charge in [0.1, 0.15) is 4.90 Å². The number of hydrogen-bond donors (Lipinski definition) is 2. The molecular weight excluding hydrogens is 282 g/mol. The summed E-state index contributed by atoms with van der Waals surface area (Å²) in [6, 6.07) is 7.31. The Hall–Kier alpha value is -0.950. The predicted octanol–water partition coefficient (Wildman–Crippen LogP) is 2.47. The van der Waals surface area contributed by atoms with Crippen molar-refractivity contribution < 1.29 is 13.5 Å². The molecule has 6 heteroatoms. The lowest BCUT2D eigenvalue weighted by Gasteiger charge is -2.07. The predicted molar refractivity (Wildman–Crippen MR) is 77.8 cm³/mol. The number of sulfonamides is 1. The average molecular weight is 299 g/mol. The topological polar surface area (TPSA) is 66.4 Å². The summed E-state index contributed by atoms with van der Waals surface area (Å²) < 4.78 is 28.2. The molecule has 0 saturated carbocycles. The molecule has 0 spiro atoms. The number of fused-ring (bicyclic) bond motifs is 1. The van der Waals surface area contributed by atoms with Crippen LogP contribution in [-0.4, -0.2) is 20.1 Å². The number of aliphatic hydroxyl groups is 1. The van der Waals surface area contributed by atoms with Crippen molar-refractivity contribution in [2.45, 2.75) is 31.3 Å². The Bertz CT molecular complexity index is 662. The summed E-state index contributed by atoms with van der Waals surface area (Å²) in [5.41, 5.74) is 0. The molecule has 1 heterocycles. The Balaban J connectivity index is 2.48. The number of nitrogens with one attached hydrogen (secondary N) is 1. The normalized spacial score (nSPS) is 12.1. The quantitative estimate of drug-likeness (QED) is 0.805. The maximum Gasteiger partial charge on any atom is 0.242 e. The van der Waals surface area contributed by atoms with E-state index in [1.165, 1.54) is 11.3 Å². The van der Waals surface area contributed by atoms with Crippen molar-refractivity contribution in [1.29, 1.82) is 0 Å². The van der Waals surface area contributed by atoms with Crippen LogP contribution in [0.2, 0.25) is 0 Å². The van der Waals surface area contributed by atoms with Crippen LogP contribution in [0.15, 0.2) is 29.2 Å². The number of hydrogen-bond acceptors (Lipinski definition) is 4. The first-order valence-electron chi connectivity index (χ1n) is 6.21. The van der Waals surface area contributed by atoms with Gasteiger partial charge in [-0.1, -0.05) is 31.5 Å². The van der Waals surface area contributed by atoms with Gasteiger partial charge in [0.05, 0.1) is 11.5 Å². The maximum atomic E-state index is 12.3. The third kappa shape index (κ3) is 2.97. The van der Waals surface area contributed by atoms with Crippen molar-refractivity contribution in [2.75, 3.05) is 6.54 Å². The van der Waals surface area contributed by atoms with Crippen molar-refractivity contribution in [1.82, 2.24) is 4.72 Å². The van der Waals surface area contributed by atoms with E-state index in [4.69, 9.17) is 0 Å². The molecule has 104 valence electrons. The maximum absolute atomic E-state index is 12.3. The first-order valence-corrected chi connectivity index (χ1v) is 8.51. The monoisotopic (exact) mass is 299 g/mol. The summed E-state index contributed by atoms with van der Waals surface area (Å²) in [7, 11) is -3.56. The Morgan fingerprint density at radius 2 is 2.05 bits per heavy atom. The Kier molecular flexibility index (Phi) is 4.57. The highest BCUT2D eigenvalue weighted by atomic mass is 32.2. The van der Waals surface area contributed by atoms with Crippen LogP contribution in [0.25, 0.3) is 10.1 Å². The SMILES string of the molecule is CCCCNS(=O)(=O)c1c(CO)sc2ccccc12. The average Bonchev–Trinajstić information content (AvgIpc) is 2.78. The molecule has 0 aliphatic heterocycles. The third-order valence-corrected chi connectivity index (χ3v) is 5.73. The molecule has 0 atom stereocenters. The third-order valence-electron chi connectivity index (χ3n) is 2.85. The highest BCUT2D eigenvalue weighted by molar-refractivity contribution is 7.90. The van der Waals surface area contributed by atoms with Crippen LogP contribution in [-0.2, 0) is 16.6 Å². The summed E-state index contributed by atoms with van der Waals surface area (Å²) in [6.07, 6.45) is 1.73. The van der Waals surface area contributed by atoms with E-state index in [1.54, 1.807) is 12.1 Å². The van der Waals surface area contributed by atoms with E-state index >= 15 is 0 Å². The van der Waals surface area contributed by atoms with E-state index in [-0.39, 0.29) is 11.5 Å². The summed E-state index contributed by atoms with van der Waals surface area (Å²) in [5.74, 6) is 0. The molecule has 19 heavy (non-hydrogen) atoms. The molecule has 0 bridgehead atoms. The zero-order chi connectivity index (χ0) is 13.9. The van der Waals surface area contributed by atoms with E-state index in [9.17, 15) is 13.5 Å². The van der Waals surface area contributed by atoms with Gasteiger partial charge < -0.3 is 5.11 Å². The largest absolute Gasteiger partial charge is 0.391 e. The molecule has 2 rings (SSSR count). The van der Waals surface area contributed by atoms with Crippen LogP contribution in [0.1, 0.15) is 24.6 Å². The van der Waals surface area contributed by atoms with Crippen LogP contribution in [0.5, 0.6) is 0 Å². The molecule has 0 amide bonds. The molecule has 4 nitrogen and oxygen atoms in total. The fourth-order valence-corrected chi connectivity index (χ4v) is 4.79. The van der Waals surface area contributed by atoms with Crippen molar-refractivity contribution in [2.24, 2.45) is 0 Å². The smallest absolute Gasteiger partial charge is 0.242 e. The van der Waals surface area contributed by atoms with Crippen molar-refractivity contribution in [3.05, 3.63) is 29.1 Å². The van der Waals surface area contributed by atoms with Gasteiger partial charge in [-0.2, -0.15) is 0 Å². The number of rotatable bonds is 6. The summed E-state index contributed by atoms with van der Waals surface area (Å²) in [6.45, 7) is 2.17. The first kappa shape index (κ1) is 14.5. The lowest BCUT2D eigenvalue weighted by Crippen LogP contribution is -2.25. The summed E-state index contributed by atoms with van der Waals surface area (Å²) >= 11 is 1.32. The second kappa shape index (κ2) is 6.00. The van der Waals surface area contributed by atoms with Gasteiger partial charge in [-0.15, -0.1) is 11.3 Å². The second-order valence-electron chi connectivity index (χ2n) is 4.26. The second-order valence-corrected chi connectivity index (χ2v) is 7.10. The zero-order valence-corrected chi connectivity index (χ0v) is 12.4. The van der Waals surface area contributed by atoms with E-state index in [0.717, 1.165) is 17.5 Å². The number of benzene rings is 1. The van der Waals surface area contributed by atoms with E-state index < -0.39 is 10.0 Å². The minimum absolute atomic E-state index is 0.228. The van der Waals surface area contributed by atoms with E-state index in [2.05, 4.69) is 4.72 Å². The molecule has 0 unspecified atom stereocenters. The fraction of sp³-hybridized carbons (Fsp3) is 0.385. The molecule has 0 aliphatic rings. The zero-order valence-electron chi connectivity index (χ0n) is 10.7. The van der Waals surface area contributed by atoms with Crippen LogP contribution >= 0.6 is 11.3 Å². The highest BCUT2D eigenvalue weighted by Gasteiger charge is 2.23. The fourth-order valence-electron chi connectivity index (χ4n) is 1.93. The van der Waals surface area contributed by atoms with Crippen LogP contribution < -0.4 is 4.72 Å². The molecular formula is C13H17NO3S2. The highest BCUT2D eigenvalue weighted by Crippen LogP contribution is 2.34. The van der Waals surface area contributed by atoms with E-state index in [0.29, 0.717) is 16.8 Å². The van der Waals surface area contributed by atoms with Gasteiger partial charge in [-0.3, -0.25) is 0 Å². The lowest BCUT2D eigenvalue weighted by molar-refractivity contribution is 0.283. The van der Waals surface area contributed by atoms with Gasteiger partial charge in [0.25, 0.3) is 0 Å². The molecule has 2 aromatic rings.